The Bertz CT molecular complexity index is 607. The van der Waals surface area contributed by atoms with Gasteiger partial charge in [-0.25, -0.2) is 18.4 Å². The highest BCUT2D eigenvalue weighted by Gasteiger charge is 2.19. The number of anilines is 1. The molecule has 0 aliphatic carbocycles. The van der Waals surface area contributed by atoms with Crippen LogP contribution in [0.2, 0.25) is 10.3 Å². The van der Waals surface area contributed by atoms with Crippen molar-refractivity contribution >= 4 is 38.9 Å². The van der Waals surface area contributed by atoms with E-state index in [1.807, 2.05) is 0 Å². The van der Waals surface area contributed by atoms with Gasteiger partial charge in [0.15, 0.2) is 10.3 Å². The molecule has 0 atom stereocenters. The fraction of sp³-hybridized carbons (Fsp3) is 0. The largest absolute Gasteiger partial charge is 0.366 e. The Labute approximate surface area is 107 Å². The number of nitrogens with zero attached hydrogens (tertiary/aromatic N) is 2. The third kappa shape index (κ3) is 2.51. The molecule has 0 saturated carbocycles. The number of hydrogen-bond donors (Lipinski definition) is 2. The summed E-state index contributed by atoms with van der Waals surface area (Å²) in [4.78, 5) is 9.98. The zero-order chi connectivity index (χ0) is 12.5. The van der Waals surface area contributed by atoms with Crippen molar-refractivity contribution in [3.05, 3.63) is 35.1 Å². The number of nitrogens with one attached hydrogen (secondary N) is 2. The fourth-order valence-electron chi connectivity index (χ4n) is 1.10. The molecule has 0 saturated heterocycles. The molecule has 90 valence electrons. The van der Waals surface area contributed by atoms with E-state index in [0.29, 0.717) is 0 Å². The third-order valence-electron chi connectivity index (χ3n) is 1.87. The van der Waals surface area contributed by atoms with E-state index in [2.05, 4.69) is 19.7 Å². The van der Waals surface area contributed by atoms with E-state index >= 15 is 0 Å². The molecular formula is C8H6Cl2N4O2S. The van der Waals surface area contributed by atoms with Gasteiger partial charge in [0.1, 0.15) is 16.9 Å². The van der Waals surface area contributed by atoms with Gasteiger partial charge in [-0.3, -0.25) is 4.72 Å². The van der Waals surface area contributed by atoms with E-state index in [1.54, 1.807) is 0 Å². The van der Waals surface area contributed by atoms with Gasteiger partial charge in [-0.2, -0.15) is 0 Å². The summed E-state index contributed by atoms with van der Waals surface area (Å²) in [6, 6.07) is 1.40. The number of hydrogen-bond acceptors (Lipinski definition) is 4. The van der Waals surface area contributed by atoms with E-state index < -0.39 is 10.0 Å². The molecule has 2 aromatic rings. The van der Waals surface area contributed by atoms with Crippen molar-refractivity contribution in [3.63, 3.8) is 0 Å². The van der Waals surface area contributed by atoms with Crippen molar-refractivity contribution in [1.82, 2.24) is 15.0 Å². The maximum Gasteiger partial charge on any atom is 0.263 e. The van der Waals surface area contributed by atoms with Crippen LogP contribution >= 0.6 is 23.2 Å². The lowest BCUT2D eigenvalue weighted by Gasteiger charge is -2.08. The maximum atomic E-state index is 11.9. The van der Waals surface area contributed by atoms with E-state index in [4.69, 9.17) is 23.2 Å². The molecule has 6 nitrogen and oxygen atoms in total. The number of halogens is 2. The van der Waals surface area contributed by atoms with Gasteiger partial charge >= 0.3 is 0 Å². The second-order valence-corrected chi connectivity index (χ2v) is 5.38. The standard InChI is InChI=1S/C8H6Cl2N4O2S/c9-7-6(8(10)13-4-12-7)14-17(15,16)5-1-2-11-3-5/h1-4,11,14H. The van der Waals surface area contributed by atoms with Gasteiger partial charge in [-0.05, 0) is 6.07 Å². The number of rotatable bonds is 3. The topological polar surface area (TPSA) is 87.7 Å². The number of aromatic amines is 1. The summed E-state index contributed by atoms with van der Waals surface area (Å²) in [5.74, 6) is 0. The molecule has 2 aromatic heterocycles. The van der Waals surface area contributed by atoms with Crippen LogP contribution in [0.25, 0.3) is 0 Å². The van der Waals surface area contributed by atoms with Crippen molar-refractivity contribution in [2.45, 2.75) is 4.90 Å². The van der Waals surface area contributed by atoms with Crippen LogP contribution in [0, 0.1) is 0 Å². The van der Waals surface area contributed by atoms with E-state index in [-0.39, 0.29) is 20.9 Å². The van der Waals surface area contributed by atoms with E-state index in [9.17, 15) is 8.42 Å². The molecule has 0 fully saturated rings. The average Bonchev–Trinajstić information content (AvgIpc) is 2.77. The minimum absolute atomic E-state index is 0.0444. The Morgan fingerprint density at radius 3 is 2.41 bits per heavy atom. The Hall–Kier alpha value is -1.31. The SMILES string of the molecule is O=S(=O)(Nc1c(Cl)ncnc1Cl)c1cc[nH]c1. The lowest BCUT2D eigenvalue weighted by Crippen LogP contribution is -2.13. The number of aromatic nitrogens is 3. The molecule has 17 heavy (non-hydrogen) atoms. The van der Waals surface area contributed by atoms with Gasteiger partial charge in [0.2, 0.25) is 0 Å². The molecule has 0 radical (unpaired) electrons. The lowest BCUT2D eigenvalue weighted by molar-refractivity contribution is 0.601. The average molecular weight is 293 g/mol. The Balaban J connectivity index is 2.40. The van der Waals surface area contributed by atoms with Gasteiger partial charge in [0, 0.05) is 12.4 Å². The second kappa shape index (κ2) is 4.52. The highest BCUT2D eigenvalue weighted by Crippen LogP contribution is 2.28. The van der Waals surface area contributed by atoms with Gasteiger partial charge in [0.05, 0.1) is 0 Å². The van der Waals surface area contributed by atoms with Crippen molar-refractivity contribution in [2.75, 3.05) is 4.72 Å². The fourth-order valence-corrected chi connectivity index (χ4v) is 2.67. The molecule has 0 unspecified atom stereocenters. The predicted octanol–water partition coefficient (Wildman–Crippen LogP) is 1.91. The summed E-state index contributed by atoms with van der Waals surface area (Å²) in [5, 5.41) is -0.131. The van der Waals surface area contributed by atoms with Crippen molar-refractivity contribution in [3.8, 4) is 0 Å². The molecule has 2 heterocycles. The molecule has 2 rings (SSSR count). The van der Waals surface area contributed by atoms with Crippen molar-refractivity contribution in [1.29, 1.82) is 0 Å². The molecule has 0 spiro atoms. The molecule has 0 aliphatic heterocycles. The van der Waals surface area contributed by atoms with Crippen LogP contribution in [0.4, 0.5) is 5.69 Å². The van der Waals surface area contributed by atoms with Gasteiger partial charge in [-0.15, -0.1) is 0 Å². The molecule has 0 aliphatic rings. The molecular weight excluding hydrogens is 287 g/mol. The number of H-pyrrole nitrogens is 1. The molecule has 0 amide bonds. The summed E-state index contributed by atoms with van der Waals surface area (Å²) >= 11 is 11.5. The zero-order valence-electron chi connectivity index (χ0n) is 8.18. The van der Waals surface area contributed by atoms with Crippen LogP contribution in [0.3, 0.4) is 0 Å². The van der Waals surface area contributed by atoms with Crippen molar-refractivity contribution in [2.24, 2.45) is 0 Å². The maximum absolute atomic E-state index is 11.9. The lowest BCUT2D eigenvalue weighted by atomic mass is 10.6. The van der Waals surface area contributed by atoms with Crippen molar-refractivity contribution < 1.29 is 8.42 Å². The third-order valence-corrected chi connectivity index (χ3v) is 3.79. The summed E-state index contributed by atoms with van der Waals surface area (Å²) in [5.41, 5.74) is -0.0444. The summed E-state index contributed by atoms with van der Waals surface area (Å²) < 4.78 is 25.9. The first-order chi connectivity index (χ1) is 8.00. The zero-order valence-corrected chi connectivity index (χ0v) is 10.5. The highest BCUT2D eigenvalue weighted by atomic mass is 35.5. The van der Waals surface area contributed by atoms with Gasteiger partial charge in [-0.1, -0.05) is 23.2 Å². The minimum atomic E-state index is -3.75. The quantitative estimate of drug-likeness (QED) is 0.846. The Morgan fingerprint density at radius 1 is 1.24 bits per heavy atom. The van der Waals surface area contributed by atoms with Crippen LogP contribution in [-0.2, 0) is 10.0 Å². The van der Waals surface area contributed by atoms with E-state index in [0.717, 1.165) is 6.33 Å². The van der Waals surface area contributed by atoms with Gasteiger partial charge in [0.25, 0.3) is 10.0 Å². The van der Waals surface area contributed by atoms with Crippen LogP contribution in [-0.4, -0.2) is 23.4 Å². The molecule has 0 aromatic carbocycles. The Morgan fingerprint density at radius 2 is 1.88 bits per heavy atom. The summed E-state index contributed by atoms with van der Waals surface area (Å²) in [6.07, 6.45) is 3.95. The van der Waals surface area contributed by atoms with Crippen LogP contribution in [0.1, 0.15) is 0 Å². The monoisotopic (exact) mass is 292 g/mol. The van der Waals surface area contributed by atoms with Crippen LogP contribution in [0.15, 0.2) is 29.7 Å². The van der Waals surface area contributed by atoms with E-state index in [1.165, 1.54) is 18.5 Å². The normalized spacial score (nSPS) is 11.4. The summed E-state index contributed by atoms with van der Waals surface area (Å²) in [7, 11) is -3.75. The molecule has 0 bridgehead atoms. The molecule has 9 heteroatoms. The smallest absolute Gasteiger partial charge is 0.263 e. The Kier molecular flexibility index (Phi) is 3.23. The second-order valence-electron chi connectivity index (χ2n) is 2.98. The predicted molar refractivity (Wildman–Crippen MR) is 63.7 cm³/mol. The molecule has 2 N–H and O–H groups in total. The minimum Gasteiger partial charge on any atom is -0.366 e. The summed E-state index contributed by atoms with van der Waals surface area (Å²) in [6.45, 7) is 0. The number of sulfonamides is 1. The van der Waals surface area contributed by atoms with Crippen LogP contribution < -0.4 is 4.72 Å². The van der Waals surface area contributed by atoms with Crippen LogP contribution in [0.5, 0.6) is 0 Å². The van der Waals surface area contributed by atoms with Gasteiger partial charge < -0.3 is 4.98 Å². The first kappa shape index (κ1) is 12.2. The highest BCUT2D eigenvalue weighted by molar-refractivity contribution is 7.92. The first-order valence-electron chi connectivity index (χ1n) is 4.32. The first-order valence-corrected chi connectivity index (χ1v) is 6.56.